The second kappa shape index (κ2) is 4.38. The molecule has 98 valence electrons. The topological polar surface area (TPSA) is 65.3 Å². The third-order valence-electron chi connectivity index (χ3n) is 3.25. The standard InChI is InChI=1S/C10H16F2N2O3/c1-14(2)10-13-6-5(17-10)3-4(9(11)12)7(15)8(6)16/h4-9,15-16H,3H2,1-2H3/t4-,5-,6-,7+,8+/m0/s1. The maximum absolute atomic E-state index is 12.7. The monoisotopic (exact) mass is 250 g/mol. The fourth-order valence-corrected chi connectivity index (χ4v) is 2.27. The van der Waals surface area contributed by atoms with E-state index >= 15 is 0 Å². The molecule has 17 heavy (non-hydrogen) atoms. The van der Waals surface area contributed by atoms with Crippen LogP contribution in [0.15, 0.2) is 4.99 Å². The number of aliphatic hydroxyl groups is 2. The van der Waals surface area contributed by atoms with Crippen LogP contribution in [0.3, 0.4) is 0 Å². The van der Waals surface area contributed by atoms with Crippen molar-refractivity contribution >= 4 is 6.02 Å². The van der Waals surface area contributed by atoms with Crippen LogP contribution >= 0.6 is 0 Å². The largest absolute Gasteiger partial charge is 0.459 e. The number of rotatable bonds is 1. The van der Waals surface area contributed by atoms with Crippen molar-refractivity contribution in [1.29, 1.82) is 0 Å². The minimum absolute atomic E-state index is 0.00139. The average Bonchev–Trinajstić information content (AvgIpc) is 2.67. The molecule has 5 atom stereocenters. The van der Waals surface area contributed by atoms with E-state index in [-0.39, 0.29) is 6.42 Å². The summed E-state index contributed by atoms with van der Waals surface area (Å²) in [6, 6.07) is -0.349. The zero-order valence-corrected chi connectivity index (χ0v) is 9.62. The molecule has 0 amide bonds. The van der Waals surface area contributed by atoms with E-state index in [1.165, 1.54) is 0 Å². The molecule has 2 aliphatic rings. The molecule has 2 N–H and O–H groups in total. The third-order valence-corrected chi connectivity index (χ3v) is 3.25. The molecule has 0 radical (unpaired) electrons. The van der Waals surface area contributed by atoms with Gasteiger partial charge in [-0.2, -0.15) is 0 Å². The van der Waals surface area contributed by atoms with Crippen LogP contribution in [0.5, 0.6) is 0 Å². The van der Waals surface area contributed by atoms with Gasteiger partial charge in [-0.25, -0.2) is 13.8 Å². The van der Waals surface area contributed by atoms with Gasteiger partial charge in [0, 0.05) is 14.1 Å². The first kappa shape index (κ1) is 12.5. The molecule has 1 aliphatic carbocycles. The SMILES string of the molecule is CN(C)C1=N[C@@H]2[C@@H](O)[C@H](O)[C@@H](C(F)F)C[C@@H]2O1. The second-order valence-corrected chi connectivity index (χ2v) is 4.67. The van der Waals surface area contributed by atoms with Gasteiger partial charge in [0.25, 0.3) is 6.02 Å². The summed E-state index contributed by atoms with van der Waals surface area (Å²) in [4.78, 5) is 5.71. The summed E-state index contributed by atoms with van der Waals surface area (Å²) < 4.78 is 30.8. The number of hydrogen-bond donors (Lipinski definition) is 2. The van der Waals surface area contributed by atoms with Crippen molar-refractivity contribution in [2.75, 3.05) is 14.1 Å². The van der Waals surface area contributed by atoms with E-state index in [9.17, 15) is 19.0 Å². The number of halogens is 2. The Balaban J connectivity index is 2.15. The number of hydrogen-bond acceptors (Lipinski definition) is 5. The number of fused-ring (bicyclic) bond motifs is 1. The van der Waals surface area contributed by atoms with E-state index in [1.807, 2.05) is 0 Å². The number of amidine groups is 1. The van der Waals surface area contributed by atoms with Crippen molar-refractivity contribution in [1.82, 2.24) is 4.90 Å². The highest BCUT2D eigenvalue weighted by atomic mass is 19.3. The Hall–Kier alpha value is -0.950. The third kappa shape index (κ3) is 2.09. The Bertz CT molecular complexity index is 325. The van der Waals surface area contributed by atoms with Crippen LogP contribution in [-0.2, 0) is 4.74 Å². The Morgan fingerprint density at radius 2 is 2.00 bits per heavy atom. The molecular formula is C10H16F2N2O3. The first-order valence-electron chi connectivity index (χ1n) is 5.48. The number of aliphatic hydroxyl groups excluding tert-OH is 2. The van der Waals surface area contributed by atoms with Crippen molar-refractivity contribution in [2.45, 2.75) is 37.2 Å². The van der Waals surface area contributed by atoms with Crippen LogP contribution in [0.25, 0.3) is 0 Å². The first-order chi connectivity index (χ1) is 7.91. The number of nitrogens with zero attached hydrogens (tertiary/aromatic N) is 2. The van der Waals surface area contributed by atoms with Crippen LogP contribution in [0.1, 0.15) is 6.42 Å². The van der Waals surface area contributed by atoms with E-state index in [1.54, 1.807) is 19.0 Å². The molecule has 1 saturated carbocycles. The summed E-state index contributed by atoms with van der Waals surface area (Å²) in [6.45, 7) is 0. The molecule has 1 fully saturated rings. The quantitative estimate of drug-likeness (QED) is 0.669. The lowest BCUT2D eigenvalue weighted by molar-refractivity contribution is -0.123. The maximum atomic E-state index is 12.7. The Morgan fingerprint density at radius 1 is 1.35 bits per heavy atom. The molecule has 0 spiro atoms. The Morgan fingerprint density at radius 3 is 2.53 bits per heavy atom. The second-order valence-electron chi connectivity index (χ2n) is 4.67. The van der Waals surface area contributed by atoms with Crippen molar-refractivity contribution < 1.29 is 23.7 Å². The van der Waals surface area contributed by atoms with Gasteiger partial charge in [0.1, 0.15) is 18.2 Å². The Labute approximate surface area is 97.7 Å². The van der Waals surface area contributed by atoms with Crippen molar-refractivity contribution in [3.05, 3.63) is 0 Å². The normalized spacial score (nSPS) is 40.9. The van der Waals surface area contributed by atoms with Gasteiger partial charge in [-0.05, 0) is 6.42 Å². The molecular weight excluding hydrogens is 234 g/mol. The summed E-state index contributed by atoms with van der Waals surface area (Å²) in [5, 5.41) is 19.4. The molecule has 0 bridgehead atoms. The fraction of sp³-hybridized carbons (Fsp3) is 0.900. The zero-order valence-electron chi connectivity index (χ0n) is 9.62. The minimum Gasteiger partial charge on any atom is -0.459 e. The fourth-order valence-electron chi connectivity index (χ4n) is 2.27. The first-order valence-corrected chi connectivity index (χ1v) is 5.48. The van der Waals surface area contributed by atoms with Gasteiger partial charge in [0.15, 0.2) is 0 Å². The summed E-state index contributed by atoms with van der Waals surface area (Å²) in [5.74, 6) is -1.26. The average molecular weight is 250 g/mol. The highest BCUT2D eigenvalue weighted by molar-refractivity contribution is 5.75. The minimum atomic E-state index is -2.67. The van der Waals surface area contributed by atoms with Gasteiger partial charge >= 0.3 is 0 Å². The molecule has 2 rings (SSSR count). The van der Waals surface area contributed by atoms with Gasteiger partial charge in [0.05, 0.1) is 12.0 Å². The molecule has 0 unspecified atom stereocenters. The molecule has 0 aromatic carbocycles. The van der Waals surface area contributed by atoms with Gasteiger partial charge in [0.2, 0.25) is 6.43 Å². The highest BCUT2D eigenvalue weighted by Crippen LogP contribution is 2.36. The van der Waals surface area contributed by atoms with Crippen molar-refractivity contribution in [2.24, 2.45) is 10.9 Å². The van der Waals surface area contributed by atoms with E-state index in [4.69, 9.17) is 4.74 Å². The van der Waals surface area contributed by atoms with Gasteiger partial charge in [-0.3, -0.25) is 0 Å². The van der Waals surface area contributed by atoms with Crippen molar-refractivity contribution in [3.8, 4) is 0 Å². The lowest BCUT2D eigenvalue weighted by Gasteiger charge is -2.37. The molecule has 0 aromatic rings. The van der Waals surface area contributed by atoms with Crippen LogP contribution in [0.2, 0.25) is 0 Å². The van der Waals surface area contributed by atoms with Gasteiger partial charge in [-0.1, -0.05) is 0 Å². The number of aliphatic imine (C=N–C) groups is 1. The molecule has 7 heteroatoms. The molecule has 0 aromatic heterocycles. The predicted octanol–water partition coefficient (Wildman–Crippen LogP) is -0.322. The van der Waals surface area contributed by atoms with Crippen LogP contribution in [0.4, 0.5) is 8.78 Å². The summed E-state index contributed by atoms with van der Waals surface area (Å²) in [6.07, 6.45) is -6.01. The highest BCUT2D eigenvalue weighted by Gasteiger charge is 2.50. The van der Waals surface area contributed by atoms with E-state index in [0.29, 0.717) is 6.02 Å². The maximum Gasteiger partial charge on any atom is 0.287 e. The smallest absolute Gasteiger partial charge is 0.287 e. The Kier molecular flexibility index (Phi) is 3.22. The number of alkyl halides is 2. The lowest BCUT2D eigenvalue weighted by Crippen LogP contribution is -2.53. The summed E-state index contributed by atoms with van der Waals surface area (Å²) >= 11 is 0. The van der Waals surface area contributed by atoms with Gasteiger partial charge in [-0.15, -0.1) is 0 Å². The van der Waals surface area contributed by atoms with Crippen LogP contribution in [0, 0.1) is 5.92 Å². The number of ether oxygens (including phenoxy) is 1. The zero-order chi connectivity index (χ0) is 12.7. The predicted molar refractivity (Wildman–Crippen MR) is 55.9 cm³/mol. The van der Waals surface area contributed by atoms with Gasteiger partial charge < -0.3 is 19.8 Å². The summed E-state index contributed by atoms with van der Waals surface area (Å²) in [5.41, 5.74) is 0. The van der Waals surface area contributed by atoms with Crippen LogP contribution in [-0.4, -0.2) is 66.0 Å². The van der Waals surface area contributed by atoms with E-state index in [0.717, 1.165) is 0 Å². The van der Waals surface area contributed by atoms with E-state index < -0.39 is 36.7 Å². The van der Waals surface area contributed by atoms with Crippen molar-refractivity contribution in [3.63, 3.8) is 0 Å². The molecule has 1 heterocycles. The molecule has 5 nitrogen and oxygen atoms in total. The van der Waals surface area contributed by atoms with E-state index in [2.05, 4.69) is 4.99 Å². The molecule has 1 aliphatic heterocycles. The molecule has 0 saturated heterocycles. The summed E-state index contributed by atoms with van der Waals surface area (Å²) in [7, 11) is 3.42. The van der Waals surface area contributed by atoms with Crippen LogP contribution < -0.4 is 0 Å². The lowest BCUT2D eigenvalue weighted by atomic mass is 9.80.